The van der Waals surface area contributed by atoms with Gasteiger partial charge in [-0.2, -0.15) is 11.8 Å². The van der Waals surface area contributed by atoms with Crippen molar-refractivity contribution >= 4 is 33.3 Å². The topological polar surface area (TPSA) is 36.1 Å². The van der Waals surface area contributed by atoms with Crippen molar-refractivity contribution in [2.24, 2.45) is 0 Å². The van der Waals surface area contributed by atoms with Gasteiger partial charge in [0.1, 0.15) is 0 Å². The Morgan fingerprint density at radius 1 is 1.26 bits per heavy atom. The first-order chi connectivity index (χ1) is 9.31. The van der Waals surface area contributed by atoms with Crippen molar-refractivity contribution in [1.29, 1.82) is 0 Å². The fraction of sp³-hybridized carbons (Fsp3) is 0.500. The van der Waals surface area contributed by atoms with Gasteiger partial charge in [0.2, 0.25) is 0 Å². The third-order valence-electron chi connectivity index (χ3n) is 3.53. The number of nitrogens with one attached hydrogen (secondary N) is 1. The van der Waals surface area contributed by atoms with Crippen molar-refractivity contribution in [3.05, 3.63) is 33.4 Å². The predicted octanol–water partition coefficient (Wildman–Crippen LogP) is 2.57. The van der Waals surface area contributed by atoms with Crippen LogP contribution >= 0.6 is 23.1 Å². The standard InChI is InChI=1S/C14H18N2OS2/c17-14-15-12-4-3-11(10-13(12)19-14)2-1-5-16-6-8-18-9-7-16/h3-4,10H,1-2,5-9H2,(H,15,17). The molecule has 0 radical (unpaired) electrons. The van der Waals surface area contributed by atoms with Crippen LogP contribution in [0.3, 0.4) is 0 Å². The Morgan fingerprint density at radius 2 is 2.11 bits per heavy atom. The zero-order valence-electron chi connectivity index (χ0n) is 10.9. The third kappa shape index (κ3) is 3.41. The first-order valence-corrected chi connectivity index (χ1v) is 8.70. The van der Waals surface area contributed by atoms with E-state index in [1.807, 2.05) is 6.07 Å². The average Bonchev–Trinajstić information content (AvgIpc) is 2.79. The molecule has 3 nitrogen and oxygen atoms in total. The maximum Gasteiger partial charge on any atom is 0.305 e. The lowest BCUT2D eigenvalue weighted by Crippen LogP contribution is -2.33. The van der Waals surface area contributed by atoms with E-state index in [9.17, 15) is 4.79 Å². The number of aromatic nitrogens is 1. The van der Waals surface area contributed by atoms with E-state index in [0.717, 1.165) is 16.6 Å². The molecule has 5 heteroatoms. The highest BCUT2D eigenvalue weighted by atomic mass is 32.2. The number of aromatic amines is 1. The van der Waals surface area contributed by atoms with E-state index >= 15 is 0 Å². The van der Waals surface area contributed by atoms with Crippen LogP contribution in [0.1, 0.15) is 12.0 Å². The normalized spacial score (nSPS) is 17.1. The van der Waals surface area contributed by atoms with Crippen LogP contribution < -0.4 is 4.87 Å². The molecule has 1 fully saturated rings. The Labute approximate surface area is 121 Å². The number of benzene rings is 1. The number of thiazole rings is 1. The summed E-state index contributed by atoms with van der Waals surface area (Å²) < 4.78 is 1.08. The molecule has 1 N–H and O–H groups in total. The summed E-state index contributed by atoms with van der Waals surface area (Å²) in [6, 6.07) is 6.32. The van der Waals surface area contributed by atoms with Crippen LogP contribution in [0.25, 0.3) is 10.2 Å². The Kier molecular flexibility index (Phi) is 4.25. The number of thioether (sulfide) groups is 1. The maximum absolute atomic E-state index is 11.3. The molecule has 0 amide bonds. The fourth-order valence-electron chi connectivity index (χ4n) is 2.48. The summed E-state index contributed by atoms with van der Waals surface area (Å²) >= 11 is 3.36. The summed E-state index contributed by atoms with van der Waals surface area (Å²) in [5, 5.41) is 0. The van der Waals surface area contributed by atoms with Crippen LogP contribution in [0.2, 0.25) is 0 Å². The number of hydrogen-bond donors (Lipinski definition) is 1. The van der Waals surface area contributed by atoms with Crippen LogP contribution in [0.4, 0.5) is 0 Å². The zero-order chi connectivity index (χ0) is 13.1. The minimum atomic E-state index is 0.0398. The molecule has 102 valence electrons. The second-order valence-corrected chi connectivity index (χ2v) is 7.14. The second kappa shape index (κ2) is 6.11. The zero-order valence-corrected chi connectivity index (χ0v) is 12.5. The van der Waals surface area contributed by atoms with Crippen LogP contribution in [0, 0.1) is 0 Å². The van der Waals surface area contributed by atoms with Crippen molar-refractivity contribution in [2.75, 3.05) is 31.1 Å². The van der Waals surface area contributed by atoms with Gasteiger partial charge in [0.05, 0.1) is 10.2 Å². The molecule has 0 saturated carbocycles. The molecule has 1 aromatic heterocycles. The Morgan fingerprint density at radius 3 is 2.95 bits per heavy atom. The SMILES string of the molecule is O=c1[nH]c2ccc(CCCN3CCSCC3)cc2s1. The summed E-state index contributed by atoms with van der Waals surface area (Å²) in [5.41, 5.74) is 2.31. The predicted molar refractivity (Wildman–Crippen MR) is 84.5 cm³/mol. The second-order valence-electron chi connectivity index (χ2n) is 4.90. The highest BCUT2D eigenvalue weighted by molar-refractivity contribution is 7.99. The van der Waals surface area contributed by atoms with Crippen LogP contribution in [0.15, 0.2) is 23.0 Å². The quantitative estimate of drug-likeness (QED) is 0.941. The lowest BCUT2D eigenvalue weighted by molar-refractivity contribution is 0.299. The number of rotatable bonds is 4. The maximum atomic E-state index is 11.3. The average molecular weight is 294 g/mol. The van der Waals surface area contributed by atoms with Crippen molar-refractivity contribution < 1.29 is 0 Å². The van der Waals surface area contributed by atoms with E-state index < -0.39 is 0 Å². The van der Waals surface area contributed by atoms with Gasteiger partial charge in [-0.3, -0.25) is 4.79 Å². The van der Waals surface area contributed by atoms with Crippen molar-refractivity contribution in [2.45, 2.75) is 12.8 Å². The largest absolute Gasteiger partial charge is 0.312 e. The van der Waals surface area contributed by atoms with Gasteiger partial charge >= 0.3 is 4.87 Å². The number of nitrogens with zero attached hydrogens (tertiary/aromatic N) is 1. The highest BCUT2D eigenvalue weighted by Crippen LogP contribution is 2.17. The molecular weight excluding hydrogens is 276 g/mol. The van der Waals surface area contributed by atoms with Gasteiger partial charge in [0, 0.05) is 24.6 Å². The summed E-state index contributed by atoms with van der Waals surface area (Å²) in [5.74, 6) is 2.56. The van der Waals surface area contributed by atoms with Gasteiger partial charge in [-0.25, -0.2) is 0 Å². The van der Waals surface area contributed by atoms with E-state index in [0.29, 0.717) is 0 Å². The van der Waals surface area contributed by atoms with Crippen LogP contribution in [-0.4, -0.2) is 41.0 Å². The monoisotopic (exact) mass is 294 g/mol. The Balaban J connectivity index is 1.57. The first-order valence-electron chi connectivity index (χ1n) is 6.73. The van der Waals surface area contributed by atoms with E-state index in [1.54, 1.807) is 0 Å². The Hall–Kier alpha value is -0.780. The van der Waals surface area contributed by atoms with Gasteiger partial charge in [0.25, 0.3) is 0 Å². The summed E-state index contributed by atoms with van der Waals surface area (Å²) in [6.07, 6.45) is 2.31. The summed E-state index contributed by atoms with van der Waals surface area (Å²) in [7, 11) is 0. The molecule has 1 saturated heterocycles. The molecular formula is C14H18N2OS2. The van der Waals surface area contributed by atoms with E-state index in [2.05, 4.69) is 33.8 Å². The molecule has 0 aliphatic carbocycles. The summed E-state index contributed by atoms with van der Waals surface area (Å²) in [6.45, 7) is 3.67. The molecule has 3 rings (SSSR count). The lowest BCUT2D eigenvalue weighted by atomic mass is 10.1. The molecule has 2 aromatic rings. The molecule has 0 atom stereocenters. The van der Waals surface area contributed by atoms with E-state index in [4.69, 9.17) is 0 Å². The van der Waals surface area contributed by atoms with Gasteiger partial charge in [-0.1, -0.05) is 17.4 Å². The van der Waals surface area contributed by atoms with Crippen LogP contribution in [0.5, 0.6) is 0 Å². The molecule has 1 aliphatic heterocycles. The van der Waals surface area contributed by atoms with Crippen molar-refractivity contribution in [1.82, 2.24) is 9.88 Å². The number of H-pyrrole nitrogens is 1. The van der Waals surface area contributed by atoms with Crippen LogP contribution in [-0.2, 0) is 6.42 Å². The molecule has 1 aromatic carbocycles. The number of fused-ring (bicyclic) bond motifs is 1. The van der Waals surface area contributed by atoms with Gasteiger partial charge in [-0.15, -0.1) is 0 Å². The van der Waals surface area contributed by atoms with Gasteiger partial charge < -0.3 is 9.88 Å². The lowest BCUT2D eigenvalue weighted by Gasteiger charge is -2.25. The van der Waals surface area contributed by atoms with E-state index in [-0.39, 0.29) is 4.87 Å². The smallest absolute Gasteiger partial charge is 0.305 e. The molecule has 2 heterocycles. The molecule has 19 heavy (non-hydrogen) atoms. The van der Waals surface area contributed by atoms with Gasteiger partial charge in [-0.05, 0) is 37.1 Å². The molecule has 1 aliphatic rings. The third-order valence-corrected chi connectivity index (χ3v) is 5.32. The molecule has 0 bridgehead atoms. The highest BCUT2D eigenvalue weighted by Gasteiger charge is 2.09. The minimum Gasteiger partial charge on any atom is -0.312 e. The van der Waals surface area contributed by atoms with Gasteiger partial charge in [0.15, 0.2) is 0 Å². The molecule has 0 unspecified atom stereocenters. The fourth-order valence-corrected chi connectivity index (χ4v) is 4.26. The molecule has 0 spiro atoms. The first kappa shape index (κ1) is 13.2. The summed E-state index contributed by atoms with van der Waals surface area (Å²) in [4.78, 5) is 16.7. The number of hydrogen-bond acceptors (Lipinski definition) is 4. The Bertz CT molecular complexity index is 599. The van der Waals surface area contributed by atoms with Crippen molar-refractivity contribution in [3.8, 4) is 0 Å². The van der Waals surface area contributed by atoms with Crippen molar-refractivity contribution in [3.63, 3.8) is 0 Å². The minimum absolute atomic E-state index is 0.0398. The van der Waals surface area contributed by atoms with E-state index in [1.165, 1.54) is 54.5 Å². The number of aryl methyl sites for hydroxylation is 1.